The van der Waals surface area contributed by atoms with Gasteiger partial charge in [0.2, 0.25) is 0 Å². The van der Waals surface area contributed by atoms with Gasteiger partial charge in [-0.25, -0.2) is 13.2 Å². The van der Waals surface area contributed by atoms with E-state index in [1.807, 2.05) is 6.07 Å². The van der Waals surface area contributed by atoms with E-state index < -0.39 is 27.8 Å². The van der Waals surface area contributed by atoms with Crippen LogP contribution in [0.15, 0.2) is 47.4 Å². The highest BCUT2D eigenvalue weighted by molar-refractivity contribution is 7.92. The second kappa shape index (κ2) is 8.45. The third-order valence-electron chi connectivity index (χ3n) is 4.29. The Hall–Kier alpha value is -3.29. The van der Waals surface area contributed by atoms with Crippen molar-refractivity contribution in [3.8, 4) is 11.8 Å². The summed E-state index contributed by atoms with van der Waals surface area (Å²) in [4.78, 5) is 12.0. The maximum Gasteiger partial charge on any atom is 0.412 e. The van der Waals surface area contributed by atoms with E-state index in [1.54, 1.807) is 26.8 Å². The van der Waals surface area contributed by atoms with E-state index in [9.17, 15) is 18.3 Å². The maximum absolute atomic E-state index is 13.4. The first-order valence-electron chi connectivity index (χ1n) is 9.48. The highest BCUT2D eigenvalue weighted by atomic mass is 32.2. The molecule has 31 heavy (non-hydrogen) atoms. The number of ether oxygens (including phenoxy) is 2. The van der Waals surface area contributed by atoms with Gasteiger partial charge in [-0.05, 0) is 57.2 Å². The van der Waals surface area contributed by atoms with Crippen LogP contribution in [0.3, 0.4) is 0 Å². The number of aliphatic hydroxyl groups is 1. The number of hydrogen-bond acceptors (Lipinski definition) is 7. The Bertz CT molecular complexity index is 1130. The van der Waals surface area contributed by atoms with E-state index in [0.29, 0.717) is 5.69 Å². The molecule has 2 aromatic carbocycles. The fourth-order valence-electron chi connectivity index (χ4n) is 2.99. The zero-order chi connectivity index (χ0) is 22.8. The van der Waals surface area contributed by atoms with E-state index in [-0.39, 0.29) is 35.0 Å². The van der Waals surface area contributed by atoms with Crippen LogP contribution in [0.4, 0.5) is 16.2 Å². The van der Waals surface area contributed by atoms with Gasteiger partial charge in [0, 0.05) is 5.69 Å². The SMILES string of the molecule is CC(C)(C)OC(=O)Nc1ccc2c(c1)N(S(=O)(=O)c1cccc(C#N)c1)CC(CO)O2. The predicted molar refractivity (Wildman–Crippen MR) is 113 cm³/mol. The van der Waals surface area contributed by atoms with Gasteiger partial charge in [0.15, 0.2) is 0 Å². The van der Waals surface area contributed by atoms with E-state index in [2.05, 4.69) is 5.32 Å². The molecule has 9 nitrogen and oxygen atoms in total. The van der Waals surface area contributed by atoms with E-state index >= 15 is 0 Å². The fraction of sp³-hybridized carbons (Fsp3) is 0.333. The molecule has 1 aliphatic heterocycles. The van der Waals surface area contributed by atoms with E-state index in [1.165, 1.54) is 36.4 Å². The number of fused-ring (bicyclic) bond motifs is 1. The zero-order valence-corrected chi connectivity index (χ0v) is 18.1. The van der Waals surface area contributed by atoms with Crippen molar-refractivity contribution in [3.05, 3.63) is 48.0 Å². The van der Waals surface area contributed by atoms with Crippen molar-refractivity contribution in [3.63, 3.8) is 0 Å². The Labute approximate surface area is 180 Å². The molecule has 0 bridgehead atoms. The topological polar surface area (TPSA) is 129 Å². The number of carbonyl (C=O) groups is 1. The first kappa shape index (κ1) is 22.4. The molecule has 0 aromatic heterocycles. The second-order valence-corrected chi connectivity index (χ2v) is 9.77. The Morgan fingerprint density at radius 1 is 1.32 bits per heavy atom. The number of sulfonamides is 1. The molecule has 3 rings (SSSR count). The molecule has 0 saturated carbocycles. The standard InChI is InChI=1S/C21H23N3O6S/c1-21(2,3)30-20(26)23-15-7-8-19-18(10-15)24(12-16(13-25)29-19)31(27,28)17-6-4-5-14(9-17)11-22/h4-10,16,25H,12-13H2,1-3H3,(H,23,26). The third kappa shape index (κ3) is 5.07. The largest absolute Gasteiger partial charge is 0.484 e. The van der Waals surface area contributed by atoms with Gasteiger partial charge >= 0.3 is 6.09 Å². The highest BCUT2D eigenvalue weighted by Gasteiger charge is 2.35. The van der Waals surface area contributed by atoms with Gasteiger partial charge in [0.05, 0.1) is 35.4 Å². The van der Waals surface area contributed by atoms with Crippen LogP contribution in [0.2, 0.25) is 0 Å². The molecule has 164 valence electrons. The number of anilines is 2. The quantitative estimate of drug-likeness (QED) is 0.740. The molecule has 1 amide bonds. The summed E-state index contributed by atoms with van der Waals surface area (Å²) < 4.78 is 38.7. The first-order valence-corrected chi connectivity index (χ1v) is 10.9. The summed E-state index contributed by atoms with van der Waals surface area (Å²) in [7, 11) is -4.08. The minimum absolute atomic E-state index is 0.0680. The number of nitriles is 1. The molecule has 2 aromatic rings. The second-order valence-electron chi connectivity index (χ2n) is 7.91. The van der Waals surface area contributed by atoms with Gasteiger partial charge in [-0.3, -0.25) is 9.62 Å². The van der Waals surface area contributed by atoms with Gasteiger partial charge in [0.1, 0.15) is 17.5 Å². The third-order valence-corrected chi connectivity index (χ3v) is 6.07. The smallest absolute Gasteiger partial charge is 0.412 e. The number of rotatable bonds is 4. The Balaban J connectivity index is 2.01. The summed E-state index contributed by atoms with van der Waals surface area (Å²) in [5.74, 6) is 0.236. The van der Waals surface area contributed by atoms with Crippen molar-refractivity contribution >= 4 is 27.5 Å². The number of nitrogens with zero attached hydrogens (tertiary/aromatic N) is 2. The van der Waals surface area contributed by atoms with Gasteiger partial charge in [-0.2, -0.15) is 5.26 Å². The van der Waals surface area contributed by atoms with Gasteiger partial charge in [0.25, 0.3) is 10.0 Å². The molecule has 10 heteroatoms. The predicted octanol–water partition coefficient (Wildman–Crippen LogP) is 2.85. The Morgan fingerprint density at radius 2 is 2.06 bits per heavy atom. The summed E-state index contributed by atoms with van der Waals surface area (Å²) in [6.45, 7) is 4.66. The van der Waals surface area contributed by atoms with Crippen LogP contribution in [0.5, 0.6) is 5.75 Å². The van der Waals surface area contributed by atoms with Crippen molar-refractivity contribution in [2.45, 2.75) is 37.4 Å². The summed E-state index contributed by atoms with van der Waals surface area (Å²) in [6, 6.07) is 12.1. The molecule has 0 fully saturated rings. The van der Waals surface area contributed by atoms with Crippen LogP contribution < -0.4 is 14.4 Å². The summed E-state index contributed by atoms with van der Waals surface area (Å²) in [5, 5.41) is 21.3. The monoisotopic (exact) mass is 445 g/mol. The van der Waals surface area contributed by atoms with Gasteiger partial charge in [-0.1, -0.05) is 6.07 Å². The van der Waals surface area contributed by atoms with Crippen LogP contribution in [0.25, 0.3) is 0 Å². The van der Waals surface area contributed by atoms with Gasteiger partial charge < -0.3 is 14.6 Å². The van der Waals surface area contributed by atoms with Gasteiger partial charge in [-0.15, -0.1) is 0 Å². The molecule has 1 heterocycles. The lowest BCUT2D eigenvalue weighted by Gasteiger charge is -2.35. The first-order chi connectivity index (χ1) is 14.5. The van der Waals surface area contributed by atoms with Crippen LogP contribution in [0, 0.1) is 11.3 Å². The number of amides is 1. The molecular weight excluding hydrogens is 422 g/mol. The summed E-state index contributed by atoms with van der Waals surface area (Å²) in [5.41, 5.74) is 0.0101. The Morgan fingerprint density at radius 3 is 2.71 bits per heavy atom. The lowest BCUT2D eigenvalue weighted by Crippen LogP contribution is -2.45. The molecule has 0 radical (unpaired) electrons. The van der Waals surface area contributed by atoms with Crippen LogP contribution in [-0.2, 0) is 14.8 Å². The summed E-state index contributed by atoms with van der Waals surface area (Å²) in [6.07, 6.45) is -1.46. The zero-order valence-electron chi connectivity index (χ0n) is 17.3. The van der Waals surface area contributed by atoms with Crippen LogP contribution >= 0.6 is 0 Å². The van der Waals surface area contributed by atoms with Crippen molar-refractivity contribution < 1.29 is 27.8 Å². The van der Waals surface area contributed by atoms with E-state index in [0.717, 1.165) is 4.31 Å². The molecule has 1 aliphatic rings. The average molecular weight is 445 g/mol. The average Bonchev–Trinajstić information content (AvgIpc) is 2.71. The number of carbonyl (C=O) groups excluding carboxylic acids is 1. The Kier molecular flexibility index (Phi) is 6.10. The molecule has 0 spiro atoms. The minimum atomic E-state index is -4.08. The van der Waals surface area contributed by atoms with Crippen LogP contribution in [-0.4, -0.2) is 44.5 Å². The molecule has 1 atom stereocenters. The molecule has 0 saturated heterocycles. The lowest BCUT2D eigenvalue weighted by atomic mass is 10.2. The van der Waals surface area contributed by atoms with Crippen LogP contribution in [0.1, 0.15) is 26.3 Å². The van der Waals surface area contributed by atoms with Crippen molar-refractivity contribution in [1.82, 2.24) is 0 Å². The molecule has 1 unspecified atom stereocenters. The highest BCUT2D eigenvalue weighted by Crippen LogP contribution is 2.39. The molecule has 0 aliphatic carbocycles. The molecular formula is C21H23N3O6S. The normalized spacial score (nSPS) is 16.0. The number of aliphatic hydroxyl groups excluding tert-OH is 1. The van der Waals surface area contributed by atoms with Crippen molar-refractivity contribution in [2.24, 2.45) is 0 Å². The number of hydrogen-bond donors (Lipinski definition) is 2. The fourth-order valence-corrected chi connectivity index (χ4v) is 4.53. The lowest BCUT2D eigenvalue weighted by molar-refractivity contribution is 0.0636. The number of benzene rings is 2. The summed E-state index contributed by atoms with van der Waals surface area (Å²) >= 11 is 0. The van der Waals surface area contributed by atoms with Crippen molar-refractivity contribution in [2.75, 3.05) is 22.8 Å². The maximum atomic E-state index is 13.4. The minimum Gasteiger partial charge on any atom is -0.484 e. The van der Waals surface area contributed by atoms with E-state index in [4.69, 9.17) is 14.7 Å². The van der Waals surface area contributed by atoms with Crippen molar-refractivity contribution in [1.29, 1.82) is 5.26 Å². The molecule has 2 N–H and O–H groups in total. The number of nitrogens with one attached hydrogen (secondary N) is 1.